The minimum absolute atomic E-state index is 0.178. The Hall–Kier alpha value is -1.06. The van der Waals surface area contributed by atoms with Gasteiger partial charge in [-0.15, -0.1) is 0 Å². The van der Waals surface area contributed by atoms with Crippen LogP contribution in [0.2, 0.25) is 0 Å². The third-order valence-electron chi connectivity index (χ3n) is 2.89. The first-order valence-corrected chi connectivity index (χ1v) is 6.64. The zero-order valence-electron chi connectivity index (χ0n) is 11.5. The fraction of sp³-hybridized carbons (Fsp3) is 0.600. The Labute approximate surface area is 109 Å². The Morgan fingerprint density at radius 3 is 2.17 bits per heavy atom. The Kier molecular flexibility index (Phi) is 6.16. The zero-order valence-corrected chi connectivity index (χ0v) is 11.5. The summed E-state index contributed by atoms with van der Waals surface area (Å²) in [5.74, 6) is 0.864. The minimum atomic E-state index is -0.637. The molecular formula is C15H24O3. The van der Waals surface area contributed by atoms with Crippen molar-refractivity contribution >= 4 is 0 Å². The van der Waals surface area contributed by atoms with Crippen molar-refractivity contribution in [1.29, 1.82) is 0 Å². The van der Waals surface area contributed by atoms with Gasteiger partial charge in [0.2, 0.25) is 0 Å². The SMILES string of the molecule is CCC(O)C(O)CCc1ccc(OC(C)C)cc1. The molecule has 2 N–H and O–H groups in total. The maximum atomic E-state index is 9.68. The number of aryl methyl sites for hydroxylation is 1. The highest BCUT2D eigenvalue weighted by Crippen LogP contribution is 2.16. The fourth-order valence-corrected chi connectivity index (χ4v) is 1.79. The summed E-state index contributed by atoms with van der Waals surface area (Å²) in [6.45, 7) is 5.86. The van der Waals surface area contributed by atoms with E-state index >= 15 is 0 Å². The molecule has 102 valence electrons. The van der Waals surface area contributed by atoms with Gasteiger partial charge in [-0.3, -0.25) is 0 Å². The summed E-state index contributed by atoms with van der Waals surface area (Å²) in [4.78, 5) is 0. The van der Waals surface area contributed by atoms with Crippen molar-refractivity contribution in [3.63, 3.8) is 0 Å². The van der Waals surface area contributed by atoms with Crippen molar-refractivity contribution in [2.24, 2.45) is 0 Å². The number of hydrogen-bond donors (Lipinski definition) is 2. The molecular weight excluding hydrogens is 228 g/mol. The van der Waals surface area contributed by atoms with Gasteiger partial charge in [0, 0.05) is 0 Å². The highest BCUT2D eigenvalue weighted by Gasteiger charge is 2.13. The van der Waals surface area contributed by atoms with Crippen molar-refractivity contribution in [2.75, 3.05) is 0 Å². The second kappa shape index (κ2) is 7.39. The Morgan fingerprint density at radius 2 is 1.67 bits per heavy atom. The Bertz CT molecular complexity index is 332. The monoisotopic (exact) mass is 252 g/mol. The van der Waals surface area contributed by atoms with Gasteiger partial charge < -0.3 is 14.9 Å². The summed E-state index contributed by atoms with van der Waals surface area (Å²) in [5, 5.41) is 19.2. The van der Waals surface area contributed by atoms with Crippen LogP contribution < -0.4 is 4.74 Å². The summed E-state index contributed by atoms with van der Waals surface area (Å²) in [6, 6.07) is 7.89. The molecule has 0 spiro atoms. The topological polar surface area (TPSA) is 49.7 Å². The van der Waals surface area contributed by atoms with Gasteiger partial charge in [0.15, 0.2) is 0 Å². The van der Waals surface area contributed by atoms with Crippen molar-refractivity contribution in [2.45, 2.75) is 58.3 Å². The van der Waals surface area contributed by atoms with Crippen molar-refractivity contribution in [3.8, 4) is 5.75 Å². The van der Waals surface area contributed by atoms with E-state index in [1.807, 2.05) is 45.0 Å². The number of hydrogen-bond acceptors (Lipinski definition) is 3. The molecule has 0 saturated heterocycles. The summed E-state index contributed by atoms with van der Waals surface area (Å²) >= 11 is 0. The number of rotatable bonds is 7. The third-order valence-corrected chi connectivity index (χ3v) is 2.89. The second-order valence-corrected chi connectivity index (χ2v) is 4.89. The van der Waals surface area contributed by atoms with Crippen LogP contribution in [0.4, 0.5) is 0 Å². The van der Waals surface area contributed by atoms with Crippen LogP contribution in [0.3, 0.4) is 0 Å². The lowest BCUT2D eigenvalue weighted by Gasteiger charge is -2.16. The van der Waals surface area contributed by atoms with Crippen LogP contribution in [0, 0.1) is 0 Å². The van der Waals surface area contributed by atoms with Crippen LogP contribution in [-0.2, 0) is 6.42 Å². The van der Waals surface area contributed by atoms with Crippen LogP contribution in [0.25, 0.3) is 0 Å². The van der Waals surface area contributed by atoms with Crippen LogP contribution in [-0.4, -0.2) is 28.5 Å². The maximum Gasteiger partial charge on any atom is 0.119 e. The van der Waals surface area contributed by atoms with Crippen molar-refractivity contribution < 1.29 is 14.9 Å². The number of benzene rings is 1. The molecule has 0 fully saturated rings. The standard InChI is InChI=1S/C15H24O3/c1-4-14(16)15(17)10-7-12-5-8-13(9-6-12)18-11(2)3/h5-6,8-9,11,14-17H,4,7,10H2,1-3H3. The molecule has 1 aromatic carbocycles. The number of ether oxygens (including phenoxy) is 1. The van der Waals surface area contributed by atoms with Crippen LogP contribution >= 0.6 is 0 Å². The molecule has 1 aromatic rings. The van der Waals surface area contributed by atoms with Gasteiger partial charge in [-0.25, -0.2) is 0 Å². The predicted octanol–water partition coefficient (Wildman–Crippen LogP) is 2.54. The third kappa shape index (κ3) is 5.07. The summed E-state index contributed by atoms with van der Waals surface area (Å²) in [7, 11) is 0. The zero-order chi connectivity index (χ0) is 13.5. The van der Waals surface area contributed by atoms with Crippen LogP contribution in [0.1, 0.15) is 39.2 Å². The molecule has 0 aliphatic rings. The smallest absolute Gasteiger partial charge is 0.119 e. The van der Waals surface area contributed by atoms with E-state index in [0.29, 0.717) is 12.8 Å². The van der Waals surface area contributed by atoms with Gasteiger partial charge in [-0.1, -0.05) is 19.1 Å². The van der Waals surface area contributed by atoms with Crippen molar-refractivity contribution in [3.05, 3.63) is 29.8 Å². The largest absolute Gasteiger partial charge is 0.491 e. The summed E-state index contributed by atoms with van der Waals surface area (Å²) in [5.41, 5.74) is 1.15. The average molecular weight is 252 g/mol. The van der Waals surface area contributed by atoms with Gasteiger partial charge in [-0.05, 0) is 50.8 Å². The van der Waals surface area contributed by atoms with Crippen molar-refractivity contribution in [1.82, 2.24) is 0 Å². The van der Waals surface area contributed by atoms with E-state index in [4.69, 9.17) is 4.74 Å². The molecule has 0 amide bonds. The minimum Gasteiger partial charge on any atom is -0.491 e. The van der Waals surface area contributed by atoms with Crippen LogP contribution in [0.5, 0.6) is 5.75 Å². The molecule has 2 unspecified atom stereocenters. The molecule has 0 aromatic heterocycles. The predicted molar refractivity (Wildman–Crippen MR) is 72.8 cm³/mol. The van der Waals surface area contributed by atoms with Gasteiger partial charge in [0.25, 0.3) is 0 Å². The van der Waals surface area contributed by atoms with E-state index in [1.165, 1.54) is 0 Å². The van der Waals surface area contributed by atoms with E-state index in [0.717, 1.165) is 17.7 Å². The van der Waals surface area contributed by atoms with Gasteiger partial charge >= 0.3 is 0 Å². The number of aliphatic hydroxyl groups is 2. The Balaban J connectivity index is 2.44. The fourth-order valence-electron chi connectivity index (χ4n) is 1.79. The lowest BCUT2D eigenvalue weighted by atomic mass is 10.0. The molecule has 1 rings (SSSR count). The average Bonchev–Trinajstić information content (AvgIpc) is 2.36. The normalized spacial score (nSPS) is 14.6. The quantitative estimate of drug-likeness (QED) is 0.784. The van der Waals surface area contributed by atoms with Gasteiger partial charge in [0.1, 0.15) is 5.75 Å². The van der Waals surface area contributed by atoms with E-state index in [-0.39, 0.29) is 6.10 Å². The molecule has 0 saturated carbocycles. The molecule has 0 bridgehead atoms. The molecule has 0 radical (unpaired) electrons. The lowest BCUT2D eigenvalue weighted by molar-refractivity contribution is 0.0130. The molecule has 0 aliphatic heterocycles. The summed E-state index contributed by atoms with van der Waals surface area (Å²) in [6.07, 6.45) is 0.856. The first-order valence-electron chi connectivity index (χ1n) is 6.64. The summed E-state index contributed by atoms with van der Waals surface area (Å²) < 4.78 is 5.56. The highest BCUT2D eigenvalue weighted by molar-refractivity contribution is 5.27. The molecule has 0 aliphatic carbocycles. The van der Waals surface area contributed by atoms with E-state index < -0.39 is 12.2 Å². The van der Waals surface area contributed by atoms with E-state index in [2.05, 4.69) is 0 Å². The molecule has 3 nitrogen and oxygen atoms in total. The lowest BCUT2D eigenvalue weighted by Crippen LogP contribution is -2.25. The Morgan fingerprint density at radius 1 is 1.06 bits per heavy atom. The second-order valence-electron chi connectivity index (χ2n) is 4.89. The van der Waals surface area contributed by atoms with Gasteiger partial charge in [0.05, 0.1) is 18.3 Å². The molecule has 18 heavy (non-hydrogen) atoms. The van der Waals surface area contributed by atoms with Crippen LogP contribution in [0.15, 0.2) is 24.3 Å². The van der Waals surface area contributed by atoms with E-state index in [9.17, 15) is 10.2 Å². The molecule has 3 heteroatoms. The first-order chi connectivity index (χ1) is 8.52. The maximum absolute atomic E-state index is 9.68. The van der Waals surface area contributed by atoms with E-state index in [1.54, 1.807) is 0 Å². The number of aliphatic hydroxyl groups excluding tert-OH is 2. The van der Waals surface area contributed by atoms with Gasteiger partial charge in [-0.2, -0.15) is 0 Å². The molecule has 2 atom stereocenters. The molecule has 0 heterocycles. The highest BCUT2D eigenvalue weighted by atomic mass is 16.5. The first kappa shape index (κ1) is 15.0.